The molecule has 0 atom stereocenters. The van der Waals surface area contributed by atoms with Crippen molar-refractivity contribution in [1.29, 1.82) is 10.5 Å². The van der Waals surface area contributed by atoms with Gasteiger partial charge in [0.05, 0.1) is 16.9 Å². The van der Waals surface area contributed by atoms with Gasteiger partial charge < -0.3 is 11.1 Å². The van der Waals surface area contributed by atoms with Crippen molar-refractivity contribution in [3.05, 3.63) is 45.9 Å². The maximum Gasteiger partial charge on any atom is 0.234 e. The molecule has 0 unspecified atom stereocenters. The normalized spacial score (nSPS) is 9.70. The quantitative estimate of drug-likeness (QED) is 0.779. The minimum Gasteiger partial charge on any atom is -0.383 e. The van der Waals surface area contributed by atoms with Gasteiger partial charge in [0.15, 0.2) is 0 Å². The van der Waals surface area contributed by atoms with Gasteiger partial charge in [-0.25, -0.2) is 4.98 Å². The highest BCUT2D eigenvalue weighted by atomic mass is 79.9. The van der Waals surface area contributed by atoms with Gasteiger partial charge in [0.2, 0.25) is 5.91 Å². The summed E-state index contributed by atoms with van der Waals surface area (Å²) in [6.07, 6.45) is 0. The van der Waals surface area contributed by atoms with Gasteiger partial charge in [0, 0.05) is 10.2 Å². The minimum atomic E-state index is -0.235. The number of nitriles is 2. The van der Waals surface area contributed by atoms with Crippen LogP contribution >= 0.6 is 27.7 Å². The molecule has 0 bridgehead atoms. The Morgan fingerprint density at radius 2 is 2.04 bits per heavy atom. The summed E-state index contributed by atoms with van der Waals surface area (Å²) in [4.78, 5) is 16.0. The molecule has 1 aromatic heterocycles. The molecule has 0 saturated carbocycles. The molecule has 8 heteroatoms. The summed E-state index contributed by atoms with van der Waals surface area (Å²) >= 11 is 4.42. The Hall–Kier alpha value is -2.55. The van der Waals surface area contributed by atoms with Crippen LogP contribution in [0.3, 0.4) is 0 Å². The number of halogens is 1. The van der Waals surface area contributed by atoms with Crippen LogP contribution in [0.15, 0.2) is 39.8 Å². The maximum atomic E-state index is 12.0. The standard InChI is InChI=1S/C15H10BrN5OS/c16-11-2-1-3-12(5-11)20-13(22)8-23-15-10(7-18)4-9(6-17)14(19)21-15/h1-5H,8H2,(H2,19,21)(H,20,22). The first-order chi connectivity index (χ1) is 11.0. The molecule has 1 amide bonds. The van der Waals surface area contributed by atoms with Gasteiger partial charge in [-0.3, -0.25) is 4.79 Å². The van der Waals surface area contributed by atoms with Crippen LogP contribution in [-0.2, 0) is 4.79 Å². The van der Waals surface area contributed by atoms with Gasteiger partial charge in [0.25, 0.3) is 0 Å². The SMILES string of the molecule is N#Cc1cc(C#N)c(SCC(=O)Nc2cccc(Br)c2)nc1N. The molecule has 0 fully saturated rings. The monoisotopic (exact) mass is 387 g/mol. The lowest BCUT2D eigenvalue weighted by Gasteiger charge is -2.07. The summed E-state index contributed by atoms with van der Waals surface area (Å²) in [5.74, 6) is -0.123. The Morgan fingerprint density at radius 3 is 2.70 bits per heavy atom. The fourth-order valence-electron chi connectivity index (χ4n) is 1.69. The van der Waals surface area contributed by atoms with Gasteiger partial charge in [-0.1, -0.05) is 33.8 Å². The Labute approximate surface area is 145 Å². The second-order valence-corrected chi connectivity index (χ2v) is 6.22. The fourth-order valence-corrected chi connectivity index (χ4v) is 2.85. The third kappa shape index (κ3) is 4.46. The van der Waals surface area contributed by atoms with Gasteiger partial charge >= 0.3 is 0 Å². The molecule has 0 saturated heterocycles. The third-order valence-corrected chi connectivity index (χ3v) is 4.19. The van der Waals surface area contributed by atoms with E-state index in [1.54, 1.807) is 12.1 Å². The average Bonchev–Trinajstić information content (AvgIpc) is 2.53. The average molecular weight is 388 g/mol. The zero-order chi connectivity index (χ0) is 16.8. The summed E-state index contributed by atoms with van der Waals surface area (Å²) in [5, 5.41) is 21.1. The molecule has 0 aliphatic carbocycles. The van der Waals surface area contributed by atoms with Gasteiger partial charge in [0.1, 0.15) is 23.0 Å². The van der Waals surface area contributed by atoms with E-state index in [2.05, 4.69) is 26.2 Å². The molecule has 114 valence electrons. The van der Waals surface area contributed by atoms with Crippen LogP contribution in [0, 0.1) is 22.7 Å². The number of amides is 1. The predicted molar refractivity (Wildman–Crippen MR) is 91.6 cm³/mol. The highest BCUT2D eigenvalue weighted by Crippen LogP contribution is 2.24. The van der Waals surface area contributed by atoms with Crippen molar-refractivity contribution in [2.75, 3.05) is 16.8 Å². The van der Waals surface area contributed by atoms with E-state index in [0.717, 1.165) is 16.2 Å². The number of hydrogen-bond donors (Lipinski definition) is 2. The molecule has 0 radical (unpaired) electrons. The summed E-state index contributed by atoms with van der Waals surface area (Å²) in [7, 11) is 0. The third-order valence-electron chi connectivity index (χ3n) is 2.71. The van der Waals surface area contributed by atoms with Crippen molar-refractivity contribution in [1.82, 2.24) is 4.98 Å². The molecule has 3 N–H and O–H groups in total. The number of nitrogens with one attached hydrogen (secondary N) is 1. The number of nitrogen functional groups attached to an aromatic ring is 1. The highest BCUT2D eigenvalue weighted by Gasteiger charge is 2.12. The van der Waals surface area contributed by atoms with Gasteiger partial charge in [-0.15, -0.1) is 0 Å². The van der Waals surface area contributed by atoms with E-state index in [-0.39, 0.29) is 28.6 Å². The van der Waals surface area contributed by atoms with Crippen LogP contribution in [-0.4, -0.2) is 16.6 Å². The molecule has 23 heavy (non-hydrogen) atoms. The molecule has 1 aromatic carbocycles. The number of nitrogens with two attached hydrogens (primary N) is 1. The molecule has 0 aliphatic rings. The minimum absolute atomic E-state index is 0.0430. The van der Waals surface area contributed by atoms with Crippen LogP contribution in [0.5, 0.6) is 0 Å². The maximum absolute atomic E-state index is 12.0. The Morgan fingerprint density at radius 1 is 1.30 bits per heavy atom. The largest absolute Gasteiger partial charge is 0.383 e. The summed E-state index contributed by atoms with van der Waals surface area (Å²) < 4.78 is 0.858. The number of rotatable bonds is 4. The molecule has 6 nitrogen and oxygen atoms in total. The van der Waals surface area contributed by atoms with E-state index < -0.39 is 0 Å². The first kappa shape index (κ1) is 16.8. The van der Waals surface area contributed by atoms with Crippen LogP contribution in [0.1, 0.15) is 11.1 Å². The fraction of sp³-hybridized carbons (Fsp3) is 0.0667. The van der Waals surface area contributed by atoms with Crippen molar-refractivity contribution >= 4 is 45.1 Å². The van der Waals surface area contributed by atoms with Crippen molar-refractivity contribution in [3.63, 3.8) is 0 Å². The van der Waals surface area contributed by atoms with E-state index in [9.17, 15) is 4.79 Å². The van der Waals surface area contributed by atoms with Crippen molar-refractivity contribution in [2.24, 2.45) is 0 Å². The Kier molecular flexibility index (Phi) is 5.58. The van der Waals surface area contributed by atoms with Crippen molar-refractivity contribution < 1.29 is 4.79 Å². The topological polar surface area (TPSA) is 116 Å². The summed E-state index contributed by atoms with van der Waals surface area (Å²) in [6.45, 7) is 0. The van der Waals surface area contributed by atoms with E-state index in [1.165, 1.54) is 6.07 Å². The lowest BCUT2D eigenvalue weighted by molar-refractivity contribution is -0.113. The first-order valence-electron chi connectivity index (χ1n) is 6.32. The van der Waals surface area contributed by atoms with Gasteiger partial charge in [-0.05, 0) is 24.3 Å². The number of carbonyl (C=O) groups is 1. The first-order valence-corrected chi connectivity index (χ1v) is 8.10. The van der Waals surface area contributed by atoms with E-state index >= 15 is 0 Å². The Bertz CT molecular complexity index is 841. The van der Waals surface area contributed by atoms with Crippen molar-refractivity contribution in [3.8, 4) is 12.1 Å². The lowest BCUT2D eigenvalue weighted by atomic mass is 10.2. The summed E-state index contributed by atoms with van der Waals surface area (Å²) in [6, 6.07) is 12.4. The predicted octanol–water partition coefficient (Wildman–Crippen LogP) is 2.90. The number of nitrogens with zero attached hydrogens (tertiary/aromatic N) is 3. The zero-order valence-electron chi connectivity index (χ0n) is 11.7. The molecule has 0 spiro atoms. The summed E-state index contributed by atoms with van der Waals surface area (Å²) in [5.41, 5.74) is 6.67. The van der Waals surface area contributed by atoms with E-state index in [0.29, 0.717) is 10.7 Å². The second-order valence-electron chi connectivity index (χ2n) is 4.34. The number of benzene rings is 1. The van der Waals surface area contributed by atoms with Crippen LogP contribution in [0.25, 0.3) is 0 Å². The van der Waals surface area contributed by atoms with Crippen LogP contribution in [0.4, 0.5) is 11.5 Å². The molecule has 0 aliphatic heterocycles. The molecule has 2 rings (SSSR count). The number of aromatic nitrogens is 1. The highest BCUT2D eigenvalue weighted by molar-refractivity contribution is 9.10. The number of anilines is 2. The second kappa shape index (κ2) is 7.63. The number of hydrogen-bond acceptors (Lipinski definition) is 6. The molecule has 1 heterocycles. The van der Waals surface area contributed by atoms with E-state index in [1.807, 2.05) is 24.3 Å². The number of thioether (sulfide) groups is 1. The zero-order valence-corrected chi connectivity index (χ0v) is 14.1. The van der Waals surface area contributed by atoms with Crippen molar-refractivity contribution in [2.45, 2.75) is 5.03 Å². The lowest BCUT2D eigenvalue weighted by Crippen LogP contribution is -2.14. The molecular weight excluding hydrogens is 378 g/mol. The van der Waals surface area contributed by atoms with E-state index in [4.69, 9.17) is 16.3 Å². The smallest absolute Gasteiger partial charge is 0.234 e. The molecule has 2 aromatic rings. The number of carbonyl (C=O) groups excluding carboxylic acids is 1. The number of pyridine rings is 1. The Balaban J connectivity index is 2.06. The van der Waals surface area contributed by atoms with Gasteiger partial charge in [-0.2, -0.15) is 10.5 Å². The molecular formula is C15H10BrN5OS. The van der Waals surface area contributed by atoms with Crippen LogP contribution < -0.4 is 11.1 Å². The van der Waals surface area contributed by atoms with Crippen LogP contribution in [0.2, 0.25) is 0 Å².